The van der Waals surface area contributed by atoms with Crippen LogP contribution in [-0.2, 0) is 14.4 Å². The second-order valence-corrected chi connectivity index (χ2v) is 12.9. The van der Waals surface area contributed by atoms with Gasteiger partial charge in [0.2, 0.25) is 0 Å². The maximum Gasteiger partial charge on any atom is 0.262 e. The van der Waals surface area contributed by atoms with Gasteiger partial charge in [-0.3, -0.25) is 14.4 Å². The molecule has 7 nitrogen and oxygen atoms in total. The van der Waals surface area contributed by atoms with Gasteiger partial charge in [-0.2, -0.15) is 0 Å². The first-order valence-electron chi connectivity index (χ1n) is 14.4. The highest BCUT2D eigenvalue weighted by atomic mass is 16.5. The summed E-state index contributed by atoms with van der Waals surface area (Å²) >= 11 is 0. The zero-order valence-electron chi connectivity index (χ0n) is 24.9. The minimum Gasteiger partial charge on any atom is -0.490 e. The number of ether oxygens (including phenoxy) is 2. The summed E-state index contributed by atoms with van der Waals surface area (Å²) in [5, 5.41) is 2.82. The molecule has 2 aromatic rings. The van der Waals surface area contributed by atoms with Crippen molar-refractivity contribution in [3.8, 4) is 11.5 Å². The minimum absolute atomic E-state index is 0.0909. The number of ketones is 2. The van der Waals surface area contributed by atoms with E-state index in [0.717, 1.165) is 40.9 Å². The summed E-state index contributed by atoms with van der Waals surface area (Å²) in [5.41, 5.74) is 4.66. The van der Waals surface area contributed by atoms with E-state index in [1.807, 2.05) is 56.4 Å². The van der Waals surface area contributed by atoms with E-state index in [-0.39, 0.29) is 34.9 Å². The summed E-state index contributed by atoms with van der Waals surface area (Å²) in [6.45, 7) is 10.6. The summed E-state index contributed by atoms with van der Waals surface area (Å²) in [7, 11) is 2.01. The topological polar surface area (TPSA) is 84.9 Å². The van der Waals surface area contributed by atoms with Gasteiger partial charge in [0.25, 0.3) is 5.91 Å². The fourth-order valence-electron chi connectivity index (χ4n) is 6.45. The average Bonchev–Trinajstić information content (AvgIpc) is 2.89. The Morgan fingerprint density at radius 1 is 0.854 bits per heavy atom. The monoisotopic (exact) mass is 556 g/mol. The van der Waals surface area contributed by atoms with Gasteiger partial charge in [0.1, 0.15) is 0 Å². The summed E-state index contributed by atoms with van der Waals surface area (Å²) in [6.07, 6.45) is 2.41. The number of amides is 1. The smallest absolute Gasteiger partial charge is 0.262 e. The molecule has 0 saturated carbocycles. The molecule has 1 heterocycles. The fourth-order valence-corrected chi connectivity index (χ4v) is 6.45. The molecule has 0 fully saturated rings. The van der Waals surface area contributed by atoms with E-state index in [4.69, 9.17) is 9.47 Å². The van der Waals surface area contributed by atoms with Gasteiger partial charge >= 0.3 is 0 Å². The Kier molecular flexibility index (Phi) is 7.58. The van der Waals surface area contributed by atoms with E-state index in [9.17, 15) is 14.4 Å². The number of hydrogen-bond donors (Lipinski definition) is 1. The van der Waals surface area contributed by atoms with Gasteiger partial charge in [-0.25, -0.2) is 0 Å². The Morgan fingerprint density at radius 3 is 2.00 bits per heavy atom. The summed E-state index contributed by atoms with van der Waals surface area (Å²) in [4.78, 5) is 42.2. The van der Waals surface area contributed by atoms with Crippen LogP contribution < -0.4 is 14.8 Å². The zero-order chi connectivity index (χ0) is 29.5. The maximum absolute atomic E-state index is 13.8. The van der Waals surface area contributed by atoms with E-state index in [2.05, 4.69) is 37.9 Å². The van der Waals surface area contributed by atoms with Gasteiger partial charge in [0, 0.05) is 54.0 Å². The SMILES string of the molecule is CCOc1cc(C2C3=C(CC(C)(C)CC3=O)N(C)C3=C2C(=O)CC(C)(C)C3)ccc1OCC(=O)Nc1ccccc1. The van der Waals surface area contributed by atoms with Gasteiger partial charge in [0.15, 0.2) is 29.7 Å². The molecule has 0 spiro atoms. The molecule has 7 heteroatoms. The molecule has 0 atom stereocenters. The van der Waals surface area contributed by atoms with Crippen LogP contribution in [0.1, 0.15) is 71.8 Å². The largest absolute Gasteiger partial charge is 0.490 e. The van der Waals surface area contributed by atoms with Crippen LogP contribution >= 0.6 is 0 Å². The molecule has 41 heavy (non-hydrogen) atoms. The van der Waals surface area contributed by atoms with Crippen LogP contribution in [0.15, 0.2) is 71.1 Å². The molecular weight excluding hydrogens is 516 g/mol. The summed E-state index contributed by atoms with van der Waals surface area (Å²) < 4.78 is 11.9. The first kappa shape index (κ1) is 28.7. The number of benzene rings is 2. The first-order valence-corrected chi connectivity index (χ1v) is 14.4. The molecule has 0 saturated heterocycles. The molecule has 1 N–H and O–H groups in total. The Hall–Kier alpha value is -3.87. The Labute approximate surface area is 242 Å². The van der Waals surface area contributed by atoms with Crippen molar-refractivity contribution in [1.82, 2.24) is 4.90 Å². The Balaban J connectivity index is 1.52. The highest BCUT2D eigenvalue weighted by Gasteiger charge is 2.48. The number of carbonyl (C=O) groups is 3. The highest BCUT2D eigenvalue weighted by molar-refractivity contribution is 6.06. The maximum atomic E-state index is 13.8. The molecule has 2 aromatic carbocycles. The molecule has 1 amide bonds. The highest BCUT2D eigenvalue weighted by Crippen LogP contribution is 2.54. The average molecular weight is 557 g/mol. The predicted octanol–water partition coefficient (Wildman–Crippen LogP) is 6.42. The van der Waals surface area contributed by atoms with Crippen molar-refractivity contribution in [1.29, 1.82) is 0 Å². The molecule has 216 valence electrons. The number of allylic oxidation sites excluding steroid dienone is 4. The molecule has 0 aromatic heterocycles. The van der Waals surface area contributed by atoms with Crippen LogP contribution in [0.25, 0.3) is 0 Å². The zero-order valence-corrected chi connectivity index (χ0v) is 24.9. The van der Waals surface area contributed by atoms with E-state index >= 15 is 0 Å². The van der Waals surface area contributed by atoms with Crippen molar-refractivity contribution in [2.24, 2.45) is 10.8 Å². The lowest BCUT2D eigenvalue weighted by atomic mass is 9.64. The van der Waals surface area contributed by atoms with E-state index < -0.39 is 5.92 Å². The number of rotatable bonds is 7. The number of carbonyl (C=O) groups excluding carboxylic acids is 3. The molecule has 0 radical (unpaired) electrons. The second kappa shape index (κ2) is 10.8. The van der Waals surface area contributed by atoms with Gasteiger partial charge in [0.05, 0.1) is 6.61 Å². The molecule has 5 rings (SSSR count). The third-order valence-corrected chi connectivity index (χ3v) is 8.20. The molecule has 3 aliphatic rings. The minimum atomic E-state index is -0.460. The van der Waals surface area contributed by atoms with Crippen molar-refractivity contribution in [3.63, 3.8) is 0 Å². The fraction of sp³-hybridized carbons (Fsp3) is 0.441. The first-order chi connectivity index (χ1) is 19.4. The molecule has 0 unspecified atom stereocenters. The van der Waals surface area contributed by atoms with Crippen molar-refractivity contribution < 1.29 is 23.9 Å². The summed E-state index contributed by atoms with van der Waals surface area (Å²) in [5.74, 6) is 0.350. The predicted molar refractivity (Wildman–Crippen MR) is 159 cm³/mol. The van der Waals surface area contributed by atoms with Crippen molar-refractivity contribution in [2.45, 2.75) is 66.2 Å². The number of hydrogen-bond acceptors (Lipinski definition) is 6. The summed E-state index contributed by atoms with van der Waals surface area (Å²) in [6, 6.07) is 14.8. The number of para-hydroxylation sites is 1. The number of anilines is 1. The van der Waals surface area contributed by atoms with Crippen molar-refractivity contribution in [3.05, 3.63) is 76.6 Å². The number of nitrogens with one attached hydrogen (secondary N) is 1. The van der Waals surface area contributed by atoms with Gasteiger partial charge in [-0.1, -0.05) is 52.0 Å². The molecule has 1 aliphatic heterocycles. The van der Waals surface area contributed by atoms with Gasteiger partial charge < -0.3 is 19.7 Å². The van der Waals surface area contributed by atoms with Crippen LogP contribution in [0.2, 0.25) is 0 Å². The van der Waals surface area contributed by atoms with Crippen molar-refractivity contribution in [2.75, 3.05) is 25.6 Å². The Morgan fingerprint density at radius 2 is 1.44 bits per heavy atom. The van der Waals surface area contributed by atoms with Gasteiger partial charge in [-0.05, 0) is 60.4 Å². The lowest BCUT2D eigenvalue weighted by Gasteiger charge is -2.47. The van der Waals surface area contributed by atoms with E-state index in [0.29, 0.717) is 36.6 Å². The van der Waals surface area contributed by atoms with E-state index in [1.54, 1.807) is 6.07 Å². The lowest BCUT2D eigenvalue weighted by molar-refractivity contribution is -0.120. The van der Waals surface area contributed by atoms with Crippen LogP contribution in [0.3, 0.4) is 0 Å². The van der Waals surface area contributed by atoms with E-state index in [1.165, 1.54) is 0 Å². The number of nitrogens with zero attached hydrogens (tertiary/aromatic N) is 1. The third kappa shape index (κ3) is 5.81. The molecule has 2 aliphatic carbocycles. The normalized spacial score (nSPS) is 20.0. The van der Waals surface area contributed by atoms with Crippen molar-refractivity contribution >= 4 is 23.2 Å². The van der Waals surface area contributed by atoms with Crippen LogP contribution in [-0.4, -0.2) is 42.6 Å². The van der Waals surface area contributed by atoms with Crippen LogP contribution in [0, 0.1) is 10.8 Å². The number of Topliss-reactive ketones (excluding diaryl/α,β-unsaturated/α-hetero) is 2. The van der Waals surface area contributed by atoms with Crippen LogP contribution in [0.4, 0.5) is 5.69 Å². The van der Waals surface area contributed by atoms with Gasteiger partial charge in [-0.15, -0.1) is 0 Å². The standard InChI is InChI=1S/C34H40N2O5/c1-7-40-28-15-21(13-14-27(28)41-20-29(39)35-22-11-9-8-10-12-22)30-31-23(16-33(2,3)18-25(31)37)36(6)24-17-34(4,5)19-26(38)32(24)30/h8-15,30H,7,16-20H2,1-6H3,(H,35,39). The third-order valence-electron chi connectivity index (χ3n) is 8.20. The second-order valence-electron chi connectivity index (χ2n) is 12.9. The molecular formula is C34H40N2O5. The van der Waals surface area contributed by atoms with Crippen LogP contribution in [0.5, 0.6) is 11.5 Å². The lowest BCUT2D eigenvalue weighted by Crippen LogP contribution is -2.43. The Bertz CT molecular complexity index is 1400. The molecule has 0 bridgehead atoms. The quantitative estimate of drug-likeness (QED) is 0.424.